The van der Waals surface area contributed by atoms with Gasteiger partial charge in [0.1, 0.15) is 5.75 Å². The molecular weight excluding hydrogens is 328 g/mol. The molecule has 6 nitrogen and oxygen atoms in total. The normalized spacial score (nSPS) is 20.6. The van der Waals surface area contributed by atoms with E-state index >= 15 is 0 Å². The van der Waals surface area contributed by atoms with E-state index in [-0.39, 0.29) is 5.91 Å². The summed E-state index contributed by atoms with van der Waals surface area (Å²) in [5.74, 6) is 2.96. The Hall–Kier alpha value is -2.24. The average molecular weight is 361 g/mol. The van der Waals surface area contributed by atoms with Crippen LogP contribution in [0.4, 0.5) is 0 Å². The Kier molecular flexibility index (Phi) is 7.75. The number of benzene rings is 1. The van der Waals surface area contributed by atoms with E-state index in [0.29, 0.717) is 30.5 Å². The fourth-order valence-electron chi connectivity index (χ4n) is 3.44. The van der Waals surface area contributed by atoms with E-state index in [0.717, 1.165) is 31.3 Å². The molecule has 144 valence electrons. The van der Waals surface area contributed by atoms with Gasteiger partial charge in [-0.1, -0.05) is 13.8 Å². The lowest BCUT2D eigenvalue weighted by Crippen LogP contribution is -2.48. The number of carbonyl (C=O) groups excluding carboxylic acids is 1. The molecule has 2 rings (SSSR count). The maximum atomic E-state index is 12.2. The number of nitrogens with one attached hydrogen (secondary N) is 2. The number of hydrogen-bond acceptors (Lipinski definition) is 3. The highest BCUT2D eigenvalue weighted by Crippen LogP contribution is 2.20. The lowest BCUT2D eigenvalue weighted by atomic mass is 9.92. The third-order valence-electron chi connectivity index (χ3n) is 4.51. The predicted octanol–water partition coefficient (Wildman–Crippen LogP) is 2.37. The first-order valence-corrected chi connectivity index (χ1v) is 9.49. The fourth-order valence-corrected chi connectivity index (χ4v) is 3.44. The van der Waals surface area contributed by atoms with Crippen molar-refractivity contribution in [3.8, 4) is 5.75 Å². The van der Waals surface area contributed by atoms with Crippen molar-refractivity contribution < 1.29 is 9.53 Å². The number of piperidine rings is 1. The van der Waals surface area contributed by atoms with Gasteiger partial charge in [0.25, 0.3) is 5.91 Å². The molecule has 0 bridgehead atoms. The number of nitrogens with zero attached hydrogens (tertiary/aromatic N) is 2. The van der Waals surface area contributed by atoms with Gasteiger partial charge in [-0.05, 0) is 49.4 Å². The second-order valence-corrected chi connectivity index (χ2v) is 7.07. The Morgan fingerprint density at radius 1 is 1.19 bits per heavy atom. The van der Waals surface area contributed by atoms with E-state index in [9.17, 15) is 4.79 Å². The number of amides is 1. The number of likely N-dealkylation sites (tertiary alicyclic amines) is 1. The van der Waals surface area contributed by atoms with Gasteiger partial charge in [0.2, 0.25) is 0 Å². The molecule has 1 aliphatic heterocycles. The van der Waals surface area contributed by atoms with Gasteiger partial charge < -0.3 is 20.3 Å². The summed E-state index contributed by atoms with van der Waals surface area (Å²) >= 11 is 0. The molecular formula is C20H32N4O2. The SMILES string of the molecule is CCNC(=NCCNC(=O)c1ccc(OC)cc1)N1CC(C)CC(C)C1. The molecule has 0 spiro atoms. The minimum Gasteiger partial charge on any atom is -0.497 e. The molecule has 0 aliphatic carbocycles. The number of rotatable bonds is 6. The molecule has 2 unspecified atom stereocenters. The predicted molar refractivity (Wildman–Crippen MR) is 106 cm³/mol. The summed E-state index contributed by atoms with van der Waals surface area (Å²) in [6, 6.07) is 7.10. The van der Waals surface area contributed by atoms with Crippen LogP contribution in [0.3, 0.4) is 0 Å². The van der Waals surface area contributed by atoms with Crippen molar-refractivity contribution >= 4 is 11.9 Å². The summed E-state index contributed by atoms with van der Waals surface area (Å²) in [5, 5.41) is 6.30. The van der Waals surface area contributed by atoms with Crippen LogP contribution < -0.4 is 15.4 Å². The highest BCUT2D eigenvalue weighted by atomic mass is 16.5. The van der Waals surface area contributed by atoms with Crippen LogP contribution in [-0.4, -0.2) is 56.6 Å². The van der Waals surface area contributed by atoms with Crippen LogP contribution in [0.2, 0.25) is 0 Å². The summed E-state index contributed by atoms with van der Waals surface area (Å²) in [6.07, 6.45) is 1.27. The lowest BCUT2D eigenvalue weighted by Gasteiger charge is -2.37. The molecule has 2 atom stereocenters. The number of methoxy groups -OCH3 is 1. The van der Waals surface area contributed by atoms with E-state index in [4.69, 9.17) is 9.73 Å². The van der Waals surface area contributed by atoms with E-state index in [1.54, 1.807) is 31.4 Å². The minimum absolute atomic E-state index is 0.0897. The van der Waals surface area contributed by atoms with Crippen molar-refractivity contribution in [2.75, 3.05) is 39.8 Å². The molecule has 0 radical (unpaired) electrons. The van der Waals surface area contributed by atoms with Gasteiger partial charge in [0.15, 0.2) is 5.96 Å². The number of guanidine groups is 1. The summed E-state index contributed by atoms with van der Waals surface area (Å²) in [6.45, 7) is 10.7. The third-order valence-corrected chi connectivity index (χ3v) is 4.51. The van der Waals surface area contributed by atoms with Crippen LogP contribution in [0.25, 0.3) is 0 Å². The Morgan fingerprint density at radius 3 is 2.42 bits per heavy atom. The fraction of sp³-hybridized carbons (Fsp3) is 0.600. The van der Waals surface area contributed by atoms with Crippen molar-refractivity contribution in [1.29, 1.82) is 0 Å². The van der Waals surface area contributed by atoms with Gasteiger partial charge in [0.05, 0.1) is 13.7 Å². The van der Waals surface area contributed by atoms with Crippen molar-refractivity contribution in [3.05, 3.63) is 29.8 Å². The smallest absolute Gasteiger partial charge is 0.251 e. The van der Waals surface area contributed by atoms with Gasteiger partial charge in [-0.2, -0.15) is 0 Å². The minimum atomic E-state index is -0.0897. The second kappa shape index (κ2) is 10.0. The second-order valence-electron chi connectivity index (χ2n) is 7.07. The summed E-state index contributed by atoms with van der Waals surface area (Å²) in [5.41, 5.74) is 0.625. The maximum absolute atomic E-state index is 12.2. The molecule has 26 heavy (non-hydrogen) atoms. The van der Waals surface area contributed by atoms with Gasteiger partial charge in [0, 0.05) is 31.7 Å². The monoisotopic (exact) mass is 360 g/mol. The maximum Gasteiger partial charge on any atom is 0.251 e. The Bertz CT molecular complexity index is 590. The molecule has 1 amide bonds. The summed E-state index contributed by atoms with van der Waals surface area (Å²) in [7, 11) is 1.61. The van der Waals surface area contributed by atoms with E-state index in [2.05, 4.69) is 36.3 Å². The summed E-state index contributed by atoms with van der Waals surface area (Å²) in [4.78, 5) is 19.2. The van der Waals surface area contributed by atoms with E-state index in [1.165, 1.54) is 6.42 Å². The van der Waals surface area contributed by atoms with Gasteiger partial charge in [-0.25, -0.2) is 0 Å². The first kappa shape index (κ1) is 20.1. The highest BCUT2D eigenvalue weighted by Gasteiger charge is 2.23. The molecule has 1 saturated heterocycles. The lowest BCUT2D eigenvalue weighted by molar-refractivity contribution is 0.0954. The molecule has 1 aromatic rings. The molecule has 0 saturated carbocycles. The van der Waals surface area contributed by atoms with Crippen LogP contribution in [0, 0.1) is 11.8 Å². The first-order chi connectivity index (χ1) is 12.5. The largest absolute Gasteiger partial charge is 0.497 e. The quantitative estimate of drug-likeness (QED) is 0.464. The van der Waals surface area contributed by atoms with Crippen LogP contribution in [0.15, 0.2) is 29.3 Å². The van der Waals surface area contributed by atoms with Gasteiger partial charge in [-0.15, -0.1) is 0 Å². The highest BCUT2D eigenvalue weighted by molar-refractivity contribution is 5.94. The summed E-state index contributed by atoms with van der Waals surface area (Å²) < 4.78 is 5.11. The van der Waals surface area contributed by atoms with E-state index in [1.807, 2.05) is 0 Å². The number of ether oxygens (including phenoxy) is 1. The number of aliphatic imine (C=N–C) groups is 1. The topological polar surface area (TPSA) is 66.0 Å². The van der Waals surface area contributed by atoms with Crippen molar-refractivity contribution in [2.24, 2.45) is 16.8 Å². The van der Waals surface area contributed by atoms with Gasteiger partial charge >= 0.3 is 0 Å². The molecule has 2 N–H and O–H groups in total. The van der Waals surface area contributed by atoms with Crippen LogP contribution in [0.5, 0.6) is 5.75 Å². The Morgan fingerprint density at radius 2 is 1.85 bits per heavy atom. The molecule has 1 fully saturated rings. The third kappa shape index (κ3) is 5.93. The molecule has 1 aliphatic rings. The van der Waals surface area contributed by atoms with E-state index < -0.39 is 0 Å². The van der Waals surface area contributed by atoms with Gasteiger partial charge in [-0.3, -0.25) is 9.79 Å². The zero-order chi connectivity index (χ0) is 18.9. The zero-order valence-electron chi connectivity index (χ0n) is 16.4. The zero-order valence-corrected chi connectivity index (χ0v) is 16.4. The van der Waals surface area contributed by atoms with Crippen LogP contribution in [0.1, 0.15) is 37.6 Å². The molecule has 1 heterocycles. The van der Waals surface area contributed by atoms with Crippen molar-refractivity contribution in [1.82, 2.24) is 15.5 Å². The van der Waals surface area contributed by atoms with Crippen LogP contribution in [-0.2, 0) is 0 Å². The van der Waals surface area contributed by atoms with Crippen LogP contribution >= 0.6 is 0 Å². The molecule has 1 aromatic carbocycles. The standard InChI is InChI=1S/C20H32N4O2/c1-5-21-20(24-13-15(2)12-16(3)14-24)23-11-10-22-19(25)17-6-8-18(26-4)9-7-17/h6-9,15-16H,5,10-14H2,1-4H3,(H,21,23)(H,22,25). The number of hydrogen-bond donors (Lipinski definition) is 2. The molecule has 0 aromatic heterocycles. The average Bonchev–Trinajstić information content (AvgIpc) is 2.63. The van der Waals surface area contributed by atoms with Crippen molar-refractivity contribution in [3.63, 3.8) is 0 Å². The molecule has 6 heteroatoms. The van der Waals surface area contributed by atoms with Crippen molar-refractivity contribution in [2.45, 2.75) is 27.2 Å². The Balaban J connectivity index is 1.86. The Labute approximate surface area is 157 Å². The first-order valence-electron chi connectivity index (χ1n) is 9.49. The number of carbonyl (C=O) groups is 1.